The van der Waals surface area contributed by atoms with E-state index in [9.17, 15) is 4.79 Å². The molecule has 124 valence electrons. The summed E-state index contributed by atoms with van der Waals surface area (Å²) in [4.78, 5) is 15.5. The summed E-state index contributed by atoms with van der Waals surface area (Å²) in [7, 11) is 0. The predicted octanol–water partition coefficient (Wildman–Crippen LogP) is 3.06. The van der Waals surface area contributed by atoms with Crippen LogP contribution in [0, 0.1) is 0 Å². The van der Waals surface area contributed by atoms with Gasteiger partial charge < -0.3 is 10.6 Å². The van der Waals surface area contributed by atoms with Crippen molar-refractivity contribution in [3.8, 4) is 0 Å². The molecule has 0 saturated carbocycles. The molecular formula is C17H29N3OS. The predicted molar refractivity (Wildman–Crippen MR) is 96.7 cm³/mol. The third-order valence-corrected chi connectivity index (χ3v) is 4.34. The molecule has 0 aromatic heterocycles. The highest BCUT2D eigenvalue weighted by atomic mass is 32.2. The first-order valence-electron chi connectivity index (χ1n) is 7.85. The molecule has 0 spiro atoms. The molecule has 0 heterocycles. The van der Waals surface area contributed by atoms with Gasteiger partial charge in [-0.15, -0.1) is 11.8 Å². The minimum absolute atomic E-state index is 0.00199. The van der Waals surface area contributed by atoms with Crippen LogP contribution in [0.5, 0.6) is 0 Å². The number of thioether (sulfide) groups is 1. The monoisotopic (exact) mass is 323 g/mol. The van der Waals surface area contributed by atoms with Crippen LogP contribution < -0.4 is 10.6 Å². The summed E-state index contributed by atoms with van der Waals surface area (Å²) in [5.74, 6) is 0.00199. The van der Waals surface area contributed by atoms with E-state index in [1.807, 2.05) is 30.5 Å². The summed E-state index contributed by atoms with van der Waals surface area (Å²) in [5.41, 5.74) is 0.882. The van der Waals surface area contributed by atoms with E-state index in [2.05, 4.69) is 43.2 Å². The molecule has 1 amide bonds. The van der Waals surface area contributed by atoms with E-state index in [0.717, 1.165) is 23.7 Å². The summed E-state index contributed by atoms with van der Waals surface area (Å²) in [6.45, 7) is 10.9. The molecule has 0 aliphatic carbocycles. The zero-order valence-corrected chi connectivity index (χ0v) is 15.2. The first-order chi connectivity index (χ1) is 10.5. The second kappa shape index (κ2) is 9.87. The number of amides is 1. The number of nitrogens with zero attached hydrogens (tertiary/aromatic N) is 1. The SMILES string of the molecule is CSc1ccccc1NC(=O)CNCCN(C(C)C)C(C)C. The van der Waals surface area contributed by atoms with Gasteiger partial charge in [-0.3, -0.25) is 9.69 Å². The van der Waals surface area contributed by atoms with Crippen molar-refractivity contribution in [1.82, 2.24) is 10.2 Å². The highest BCUT2D eigenvalue weighted by molar-refractivity contribution is 7.98. The van der Waals surface area contributed by atoms with E-state index in [1.54, 1.807) is 11.8 Å². The quantitative estimate of drug-likeness (QED) is 0.541. The number of benzene rings is 1. The van der Waals surface area contributed by atoms with Gasteiger partial charge in [0.25, 0.3) is 0 Å². The maximum Gasteiger partial charge on any atom is 0.238 e. The summed E-state index contributed by atoms with van der Waals surface area (Å²) in [6.07, 6.45) is 2.01. The molecule has 0 fully saturated rings. The third-order valence-electron chi connectivity index (χ3n) is 3.54. The maximum absolute atomic E-state index is 12.0. The number of hydrogen-bond donors (Lipinski definition) is 2. The molecule has 2 N–H and O–H groups in total. The van der Waals surface area contributed by atoms with Crippen molar-refractivity contribution < 1.29 is 4.79 Å². The average Bonchev–Trinajstić information content (AvgIpc) is 2.46. The molecule has 1 rings (SSSR count). The van der Waals surface area contributed by atoms with Crippen LogP contribution in [0.2, 0.25) is 0 Å². The Kier molecular flexibility index (Phi) is 8.53. The summed E-state index contributed by atoms with van der Waals surface area (Å²) < 4.78 is 0. The molecule has 1 aromatic rings. The van der Waals surface area contributed by atoms with Crippen molar-refractivity contribution in [3.05, 3.63) is 24.3 Å². The van der Waals surface area contributed by atoms with Gasteiger partial charge in [0.05, 0.1) is 12.2 Å². The maximum atomic E-state index is 12.0. The molecule has 0 saturated heterocycles. The Bertz CT molecular complexity index is 455. The van der Waals surface area contributed by atoms with Crippen molar-refractivity contribution in [1.29, 1.82) is 0 Å². The molecule has 4 nitrogen and oxygen atoms in total. The topological polar surface area (TPSA) is 44.4 Å². The number of rotatable bonds is 9. The standard InChI is InChI=1S/C17H29N3OS/c1-13(2)20(14(3)4)11-10-18-12-17(21)19-15-8-6-7-9-16(15)22-5/h6-9,13-14,18H,10-12H2,1-5H3,(H,19,21). The Morgan fingerprint density at radius 2 is 1.82 bits per heavy atom. The van der Waals surface area contributed by atoms with Crippen molar-refractivity contribution >= 4 is 23.4 Å². The zero-order valence-electron chi connectivity index (χ0n) is 14.3. The van der Waals surface area contributed by atoms with E-state index in [0.29, 0.717) is 18.6 Å². The average molecular weight is 324 g/mol. The van der Waals surface area contributed by atoms with Crippen LogP contribution in [0.1, 0.15) is 27.7 Å². The van der Waals surface area contributed by atoms with Crippen LogP contribution in [0.3, 0.4) is 0 Å². The Balaban J connectivity index is 2.35. The minimum atomic E-state index is 0.00199. The van der Waals surface area contributed by atoms with Gasteiger partial charge in [-0.1, -0.05) is 12.1 Å². The molecule has 0 bridgehead atoms. The number of nitrogens with one attached hydrogen (secondary N) is 2. The Morgan fingerprint density at radius 3 is 2.41 bits per heavy atom. The van der Waals surface area contributed by atoms with Crippen LogP contribution in [0.4, 0.5) is 5.69 Å². The van der Waals surface area contributed by atoms with E-state index >= 15 is 0 Å². The number of para-hydroxylation sites is 1. The highest BCUT2D eigenvalue weighted by Crippen LogP contribution is 2.24. The molecule has 0 unspecified atom stereocenters. The molecule has 0 aliphatic heterocycles. The summed E-state index contributed by atoms with van der Waals surface area (Å²) in [5, 5.41) is 6.18. The van der Waals surface area contributed by atoms with E-state index < -0.39 is 0 Å². The lowest BCUT2D eigenvalue weighted by molar-refractivity contribution is -0.115. The molecule has 5 heteroatoms. The fraction of sp³-hybridized carbons (Fsp3) is 0.588. The molecule has 1 aromatic carbocycles. The van der Waals surface area contributed by atoms with Crippen LogP contribution in [0.25, 0.3) is 0 Å². The van der Waals surface area contributed by atoms with Crippen LogP contribution >= 0.6 is 11.8 Å². The first-order valence-corrected chi connectivity index (χ1v) is 9.07. The van der Waals surface area contributed by atoms with Gasteiger partial charge in [-0.25, -0.2) is 0 Å². The lowest BCUT2D eigenvalue weighted by Gasteiger charge is -2.30. The van der Waals surface area contributed by atoms with Gasteiger partial charge in [-0.05, 0) is 46.1 Å². The van der Waals surface area contributed by atoms with Gasteiger partial charge in [-0.2, -0.15) is 0 Å². The van der Waals surface area contributed by atoms with Gasteiger partial charge in [0.15, 0.2) is 0 Å². The van der Waals surface area contributed by atoms with Crippen LogP contribution in [0.15, 0.2) is 29.2 Å². The smallest absolute Gasteiger partial charge is 0.238 e. The van der Waals surface area contributed by atoms with Gasteiger partial charge in [0.2, 0.25) is 5.91 Å². The number of hydrogen-bond acceptors (Lipinski definition) is 4. The Morgan fingerprint density at radius 1 is 1.18 bits per heavy atom. The number of anilines is 1. The summed E-state index contributed by atoms with van der Waals surface area (Å²) in [6, 6.07) is 8.89. The molecule has 0 aliphatic rings. The van der Waals surface area contributed by atoms with Gasteiger partial charge >= 0.3 is 0 Å². The first kappa shape index (κ1) is 19.0. The van der Waals surface area contributed by atoms with Crippen molar-refractivity contribution in [2.75, 3.05) is 31.2 Å². The lowest BCUT2D eigenvalue weighted by atomic mass is 10.2. The lowest BCUT2D eigenvalue weighted by Crippen LogP contribution is -2.42. The van der Waals surface area contributed by atoms with E-state index in [-0.39, 0.29) is 5.91 Å². The van der Waals surface area contributed by atoms with Gasteiger partial charge in [0.1, 0.15) is 0 Å². The van der Waals surface area contributed by atoms with E-state index in [1.165, 1.54) is 0 Å². The van der Waals surface area contributed by atoms with Crippen molar-refractivity contribution in [2.24, 2.45) is 0 Å². The number of carbonyl (C=O) groups is 1. The van der Waals surface area contributed by atoms with Gasteiger partial charge in [0, 0.05) is 30.1 Å². The largest absolute Gasteiger partial charge is 0.324 e. The fourth-order valence-corrected chi connectivity index (χ4v) is 3.02. The molecule has 0 atom stereocenters. The Labute approximate surface area is 139 Å². The van der Waals surface area contributed by atoms with Crippen LogP contribution in [-0.4, -0.2) is 48.8 Å². The Hall–Kier alpha value is -1.04. The third kappa shape index (κ3) is 6.38. The van der Waals surface area contributed by atoms with Crippen molar-refractivity contribution in [3.63, 3.8) is 0 Å². The highest BCUT2D eigenvalue weighted by Gasteiger charge is 2.12. The second-order valence-electron chi connectivity index (χ2n) is 5.85. The number of carbonyl (C=O) groups excluding carboxylic acids is 1. The zero-order chi connectivity index (χ0) is 16.5. The normalized spacial score (nSPS) is 11.5. The second-order valence-corrected chi connectivity index (χ2v) is 6.70. The molecular weight excluding hydrogens is 294 g/mol. The molecule has 0 radical (unpaired) electrons. The molecule has 22 heavy (non-hydrogen) atoms. The van der Waals surface area contributed by atoms with Crippen LogP contribution in [-0.2, 0) is 4.79 Å². The van der Waals surface area contributed by atoms with E-state index in [4.69, 9.17) is 0 Å². The van der Waals surface area contributed by atoms with Crippen molar-refractivity contribution in [2.45, 2.75) is 44.7 Å². The minimum Gasteiger partial charge on any atom is -0.324 e. The summed E-state index contributed by atoms with van der Waals surface area (Å²) >= 11 is 1.63. The fourth-order valence-electron chi connectivity index (χ4n) is 2.47.